The lowest BCUT2D eigenvalue weighted by molar-refractivity contribution is -0.132. The third-order valence-electron chi connectivity index (χ3n) is 5.56. The maximum atomic E-state index is 12.8. The van der Waals surface area contributed by atoms with Crippen molar-refractivity contribution in [1.82, 2.24) is 19.7 Å². The van der Waals surface area contributed by atoms with Crippen LogP contribution < -0.4 is 0 Å². The molecule has 4 rings (SSSR count). The van der Waals surface area contributed by atoms with Crippen molar-refractivity contribution in [2.75, 3.05) is 6.54 Å². The van der Waals surface area contributed by atoms with Gasteiger partial charge in [0.2, 0.25) is 5.91 Å². The third-order valence-corrected chi connectivity index (χ3v) is 6.22. The second-order valence-electron chi connectivity index (χ2n) is 7.08. The summed E-state index contributed by atoms with van der Waals surface area (Å²) in [4.78, 5) is 18.3. The average molecular weight is 415 g/mol. The van der Waals surface area contributed by atoms with Crippen LogP contribution in [0.5, 0.6) is 0 Å². The number of carbonyl (C=O) groups is 1. The molecule has 1 N–H and O–H groups in total. The minimum absolute atomic E-state index is 0.225. The number of aromatic amines is 1. The van der Waals surface area contributed by atoms with E-state index in [1.165, 1.54) is 22.2 Å². The van der Waals surface area contributed by atoms with E-state index in [0.29, 0.717) is 13.0 Å². The number of amides is 1. The predicted octanol–water partition coefficient (Wildman–Crippen LogP) is 3.80. The maximum Gasteiger partial charge on any atom is 0.223 e. The van der Waals surface area contributed by atoms with Crippen LogP contribution in [0.4, 0.5) is 0 Å². The highest BCUT2D eigenvalue weighted by Crippen LogP contribution is 2.32. The van der Waals surface area contributed by atoms with E-state index in [2.05, 4.69) is 45.1 Å². The third kappa shape index (κ3) is 2.86. The molecule has 0 saturated heterocycles. The molecule has 1 aliphatic heterocycles. The topological polar surface area (TPSA) is 53.9 Å². The van der Waals surface area contributed by atoms with Crippen molar-refractivity contribution < 1.29 is 4.79 Å². The first-order valence-electron chi connectivity index (χ1n) is 9.00. The summed E-state index contributed by atoms with van der Waals surface area (Å²) in [6, 6.07) is 6.23. The van der Waals surface area contributed by atoms with Gasteiger partial charge in [0.25, 0.3) is 0 Å². The van der Waals surface area contributed by atoms with Crippen molar-refractivity contribution in [3.8, 4) is 0 Å². The number of carbonyl (C=O) groups excluding carboxylic acids is 1. The smallest absolute Gasteiger partial charge is 0.223 e. The fourth-order valence-electron chi connectivity index (χ4n) is 3.98. The van der Waals surface area contributed by atoms with E-state index in [-0.39, 0.29) is 5.91 Å². The molecule has 3 aromatic rings. The largest absolute Gasteiger partial charge is 0.357 e. The summed E-state index contributed by atoms with van der Waals surface area (Å²) in [6.07, 6.45) is 2.18. The highest BCUT2D eigenvalue weighted by atomic mass is 79.9. The molecule has 2 aromatic heterocycles. The summed E-state index contributed by atoms with van der Waals surface area (Å²) in [6.45, 7) is 5.55. The summed E-state index contributed by atoms with van der Waals surface area (Å²) >= 11 is 3.61. The van der Waals surface area contributed by atoms with Crippen LogP contribution in [-0.2, 0) is 31.2 Å². The van der Waals surface area contributed by atoms with E-state index in [4.69, 9.17) is 0 Å². The minimum Gasteiger partial charge on any atom is -0.357 e. The van der Waals surface area contributed by atoms with E-state index in [0.717, 1.165) is 40.8 Å². The van der Waals surface area contributed by atoms with Crippen molar-refractivity contribution in [2.45, 2.75) is 39.7 Å². The number of fused-ring (bicyclic) bond motifs is 3. The number of benzene rings is 1. The number of hydrogen-bond donors (Lipinski definition) is 1. The molecule has 5 nitrogen and oxygen atoms in total. The van der Waals surface area contributed by atoms with Gasteiger partial charge in [-0.1, -0.05) is 12.1 Å². The van der Waals surface area contributed by atoms with Crippen molar-refractivity contribution in [3.63, 3.8) is 0 Å². The summed E-state index contributed by atoms with van der Waals surface area (Å²) in [5.74, 6) is 0.225. The van der Waals surface area contributed by atoms with Gasteiger partial charge >= 0.3 is 0 Å². The Morgan fingerprint density at radius 2 is 2.15 bits per heavy atom. The molecule has 1 amide bonds. The maximum absolute atomic E-state index is 12.8. The van der Waals surface area contributed by atoms with Crippen molar-refractivity contribution in [1.29, 1.82) is 0 Å². The lowest BCUT2D eigenvalue weighted by Crippen LogP contribution is -2.35. The first-order chi connectivity index (χ1) is 12.5. The number of aryl methyl sites for hydroxylation is 2. The number of nitrogens with zero attached hydrogens (tertiary/aromatic N) is 3. The average Bonchev–Trinajstić information content (AvgIpc) is 3.11. The van der Waals surface area contributed by atoms with E-state index in [1.807, 2.05) is 29.6 Å². The summed E-state index contributed by atoms with van der Waals surface area (Å²) in [5, 5.41) is 5.66. The number of H-pyrrole nitrogens is 1. The van der Waals surface area contributed by atoms with Crippen molar-refractivity contribution in [2.24, 2.45) is 7.05 Å². The van der Waals surface area contributed by atoms with Gasteiger partial charge in [0.1, 0.15) is 0 Å². The van der Waals surface area contributed by atoms with Crippen LogP contribution in [0.15, 0.2) is 22.7 Å². The van der Waals surface area contributed by atoms with Gasteiger partial charge in [-0.25, -0.2) is 0 Å². The zero-order valence-electron chi connectivity index (χ0n) is 15.4. The van der Waals surface area contributed by atoms with Gasteiger partial charge in [0.15, 0.2) is 0 Å². The Balaban J connectivity index is 1.51. The second kappa shape index (κ2) is 6.58. The Hall–Kier alpha value is -2.08. The molecule has 1 aromatic carbocycles. The monoisotopic (exact) mass is 414 g/mol. The van der Waals surface area contributed by atoms with Gasteiger partial charge in [-0.15, -0.1) is 0 Å². The SMILES string of the molecule is Cc1nn(C)c(C)c1CCC(=O)N1CCc2[nH]c3c(Br)cccc3c2C1. The van der Waals surface area contributed by atoms with Crippen LogP contribution in [-0.4, -0.2) is 32.1 Å². The number of halogens is 1. The molecule has 0 atom stereocenters. The molecule has 26 heavy (non-hydrogen) atoms. The fourth-order valence-corrected chi connectivity index (χ4v) is 4.45. The van der Waals surface area contributed by atoms with Crippen LogP contribution >= 0.6 is 15.9 Å². The number of para-hydroxylation sites is 1. The van der Waals surface area contributed by atoms with Crippen molar-refractivity contribution in [3.05, 3.63) is 50.9 Å². The predicted molar refractivity (Wildman–Crippen MR) is 106 cm³/mol. The summed E-state index contributed by atoms with van der Waals surface area (Å²) < 4.78 is 2.97. The van der Waals surface area contributed by atoms with E-state index in [1.54, 1.807) is 0 Å². The quantitative estimate of drug-likeness (QED) is 0.708. The first kappa shape index (κ1) is 17.3. The van der Waals surface area contributed by atoms with Gasteiger partial charge in [-0.2, -0.15) is 5.10 Å². The Bertz CT molecular complexity index is 1000. The van der Waals surface area contributed by atoms with E-state index >= 15 is 0 Å². The van der Waals surface area contributed by atoms with Crippen molar-refractivity contribution >= 4 is 32.7 Å². The van der Waals surface area contributed by atoms with Crippen LogP contribution in [0.1, 0.15) is 34.6 Å². The van der Waals surface area contributed by atoms with E-state index in [9.17, 15) is 4.79 Å². The number of nitrogens with one attached hydrogen (secondary N) is 1. The van der Waals surface area contributed by atoms with Gasteiger partial charge < -0.3 is 9.88 Å². The summed E-state index contributed by atoms with van der Waals surface area (Å²) in [7, 11) is 1.95. The lowest BCUT2D eigenvalue weighted by atomic mass is 10.0. The first-order valence-corrected chi connectivity index (χ1v) is 9.79. The van der Waals surface area contributed by atoms with Gasteiger partial charge in [-0.3, -0.25) is 9.48 Å². The molecule has 0 unspecified atom stereocenters. The molecule has 0 spiro atoms. The Kier molecular flexibility index (Phi) is 4.39. The molecule has 6 heteroatoms. The molecule has 0 bridgehead atoms. The second-order valence-corrected chi connectivity index (χ2v) is 7.94. The van der Waals surface area contributed by atoms with Gasteiger partial charge in [-0.05, 0) is 47.8 Å². The number of hydrogen-bond acceptors (Lipinski definition) is 2. The van der Waals surface area contributed by atoms with Gasteiger partial charge in [0.05, 0.1) is 11.2 Å². The number of rotatable bonds is 3. The Labute approximate surface area is 161 Å². The molecule has 1 aliphatic rings. The molecule has 136 valence electrons. The van der Waals surface area contributed by atoms with Crippen LogP contribution in [0.2, 0.25) is 0 Å². The molecular formula is C20H23BrN4O. The highest BCUT2D eigenvalue weighted by Gasteiger charge is 2.24. The van der Waals surface area contributed by atoms with Crippen LogP contribution in [0.25, 0.3) is 10.9 Å². The van der Waals surface area contributed by atoms with Crippen LogP contribution in [0, 0.1) is 13.8 Å². The molecular weight excluding hydrogens is 392 g/mol. The Morgan fingerprint density at radius 3 is 2.88 bits per heavy atom. The zero-order chi connectivity index (χ0) is 18.4. The minimum atomic E-state index is 0.225. The standard InChI is InChI=1S/C20H23BrN4O/c1-12-14(13(2)24(3)23-12)7-8-19(26)25-10-9-18-16(11-25)15-5-4-6-17(21)20(15)22-18/h4-6,22H,7-11H2,1-3H3. The summed E-state index contributed by atoms with van der Waals surface area (Å²) in [5.41, 5.74) is 7.03. The Morgan fingerprint density at radius 1 is 1.35 bits per heavy atom. The van der Waals surface area contributed by atoms with E-state index < -0.39 is 0 Å². The highest BCUT2D eigenvalue weighted by molar-refractivity contribution is 9.10. The molecule has 0 saturated carbocycles. The molecule has 3 heterocycles. The molecule has 0 aliphatic carbocycles. The van der Waals surface area contributed by atoms with Gasteiger partial charge in [0, 0.05) is 59.8 Å². The fraction of sp³-hybridized carbons (Fsp3) is 0.400. The lowest BCUT2D eigenvalue weighted by Gasteiger charge is -2.27. The number of aromatic nitrogens is 3. The van der Waals surface area contributed by atoms with Crippen LogP contribution in [0.3, 0.4) is 0 Å². The zero-order valence-corrected chi connectivity index (χ0v) is 17.0. The molecule has 0 radical (unpaired) electrons. The normalized spacial score (nSPS) is 14.1. The molecule has 0 fully saturated rings.